The lowest BCUT2D eigenvalue weighted by Gasteiger charge is -2.23. The van der Waals surface area contributed by atoms with Gasteiger partial charge in [-0.1, -0.05) is 11.2 Å². The fraction of sp³-hybridized carbons (Fsp3) is 0.529. The SMILES string of the molecule is COc1ncccc1CNC1CCc2onc(CN(C)C)c2C1. The molecular formula is C17H24N4O2. The van der Waals surface area contributed by atoms with Crippen molar-refractivity contribution in [2.45, 2.75) is 38.4 Å². The molecule has 0 aliphatic heterocycles. The maximum Gasteiger partial charge on any atom is 0.217 e. The predicted octanol–water partition coefficient (Wildman–Crippen LogP) is 1.79. The van der Waals surface area contributed by atoms with Gasteiger partial charge < -0.3 is 19.5 Å². The third-order valence-corrected chi connectivity index (χ3v) is 4.21. The van der Waals surface area contributed by atoms with Gasteiger partial charge in [0.2, 0.25) is 5.88 Å². The summed E-state index contributed by atoms with van der Waals surface area (Å²) >= 11 is 0. The highest BCUT2D eigenvalue weighted by Gasteiger charge is 2.25. The molecule has 0 saturated carbocycles. The minimum atomic E-state index is 0.424. The molecule has 6 heteroatoms. The van der Waals surface area contributed by atoms with Crippen LogP contribution in [0.25, 0.3) is 0 Å². The van der Waals surface area contributed by atoms with E-state index in [0.29, 0.717) is 11.9 Å². The lowest BCUT2D eigenvalue weighted by atomic mass is 9.92. The van der Waals surface area contributed by atoms with Crippen molar-refractivity contribution in [3.8, 4) is 5.88 Å². The summed E-state index contributed by atoms with van der Waals surface area (Å²) < 4.78 is 10.8. The maximum atomic E-state index is 5.50. The van der Waals surface area contributed by atoms with Crippen molar-refractivity contribution in [2.75, 3.05) is 21.2 Å². The van der Waals surface area contributed by atoms with Crippen LogP contribution < -0.4 is 10.1 Å². The first-order valence-electron chi connectivity index (χ1n) is 7.99. The molecule has 0 bridgehead atoms. The summed E-state index contributed by atoms with van der Waals surface area (Å²) in [4.78, 5) is 6.36. The van der Waals surface area contributed by atoms with Crippen LogP contribution in [0.3, 0.4) is 0 Å². The maximum absolute atomic E-state index is 5.50. The van der Waals surface area contributed by atoms with E-state index in [1.165, 1.54) is 5.56 Å². The second-order valence-electron chi connectivity index (χ2n) is 6.26. The first kappa shape index (κ1) is 16.0. The minimum Gasteiger partial charge on any atom is -0.481 e. The van der Waals surface area contributed by atoms with Gasteiger partial charge in [-0.2, -0.15) is 0 Å². The van der Waals surface area contributed by atoms with Crippen molar-refractivity contribution >= 4 is 0 Å². The molecule has 1 atom stereocenters. The lowest BCUT2D eigenvalue weighted by molar-refractivity contribution is 0.339. The van der Waals surface area contributed by atoms with Crippen LogP contribution >= 0.6 is 0 Å². The van der Waals surface area contributed by atoms with Crippen LogP contribution in [-0.2, 0) is 25.9 Å². The number of rotatable bonds is 6. The third kappa shape index (κ3) is 3.71. The van der Waals surface area contributed by atoms with Gasteiger partial charge in [-0.05, 0) is 33.0 Å². The Kier molecular flexibility index (Phi) is 4.93. The number of aryl methyl sites for hydroxylation is 1. The van der Waals surface area contributed by atoms with E-state index in [9.17, 15) is 0 Å². The molecule has 0 fully saturated rings. The van der Waals surface area contributed by atoms with Gasteiger partial charge in [-0.15, -0.1) is 0 Å². The number of aromatic nitrogens is 2. The molecule has 2 aromatic rings. The van der Waals surface area contributed by atoms with Gasteiger partial charge in [0.1, 0.15) is 11.5 Å². The summed E-state index contributed by atoms with van der Waals surface area (Å²) in [6, 6.07) is 4.41. The summed E-state index contributed by atoms with van der Waals surface area (Å²) in [6.45, 7) is 1.58. The monoisotopic (exact) mass is 316 g/mol. The summed E-state index contributed by atoms with van der Waals surface area (Å²) in [5.41, 5.74) is 3.43. The molecule has 1 aliphatic rings. The van der Waals surface area contributed by atoms with Gasteiger partial charge >= 0.3 is 0 Å². The van der Waals surface area contributed by atoms with Crippen LogP contribution in [0.4, 0.5) is 0 Å². The van der Waals surface area contributed by atoms with Gasteiger partial charge in [-0.3, -0.25) is 0 Å². The second kappa shape index (κ2) is 7.10. The number of nitrogens with zero attached hydrogens (tertiary/aromatic N) is 3. The van der Waals surface area contributed by atoms with Gasteiger partial charge in [0.25, 0.3) is 0 Å². The average molecular weight is 316 g/mol. The highest BCUT2D eigenvalue weighted by atomic mass is 16.5. The van der Waals surface area contributed by atoms with Crippen LogP contribution in [0.1, 0.15) is 29.0 Å². The number of hydrogen-bond donors (Lipinski definition) is 1. The molecular weight excluding hydrogens is 292 g/mol. The fourth-order valence-electron chi connectivity index (χ4n) is 3.06. The van der Waals surface area contributed by atoms with E-state index in [0.717, 1.165) is 49.4 Å². The number of hydrogen-bond acceptors (Lipinski definition) is 6. The fourth-order valence-corrected chi connectivity index (χ4v) is 3.06. The third-order valence-electron chi connectivity index (χ3n) is 4.21. The van der Waals surface area contributed by atoms with E-state index in [1.54, 1.807) is 13.3 Å². The predicted molar refractivity (Wildman–Crippen MR) is 87.3 cm³/mol. The summed E-state index contributed by atoms with van der Waals surface area (Å²) in [5, 5.41) is 7.86. The molecule has 0 aromatic carbocycles. The molecule has 2 heterocycles. The number of methoxy groups -OCH3 is 1. The van der Waals surface area contributed by atoms with Gasteiger partial charge in [0.05, 0.1) is 7.11 Å². The van der Waals surface area contributed by atoms with Crippen molar-refractivity contribution in [1.82, 2.24) is 20.4 Å². The molecule has 0 spiro atoms. The van der Waals surface area contributed by atoms with Crippen LogP contribution in [0, 0.1) is 0 Å². The Bertz CT molecular complexity index is 654. The zero-order valence-electron chi connectivity index (χ0n) is 14.0. The Morgan fingerprint density at radius 3 is 3.09 bits per heavy atom. The molecule has 1 unspecified atom stereocenters. The minimum absolute atomic E-state index is 0.424. The van der Waals surface area contributed by atoms with Gasteiger partial charge in [0, 0.05) is 42.9 Å². The molecule has 6 nitrogen and oxygen atoms in total. The normalized spacial score (nSPS) is 17.3. The smallest absolute Gasteiger partial charge is 0.217 e. The van der Waals surface area contributed by atoms with Crippen molar-refractivity contribution in [1.29, 1.82) is 0 Å². The zero-order valence-corrected chi connectivity index (χ0v) is 14.0. The van der Waals surface area contributed by atoms with Gasteiger partial charge in [0.15, 0.2) is 0 Å². The molecule has 0 amide bonds. The van der Waals surface area contributed by atoms with Crippen molar-refractivity contribution in [3.05, 3.63) is 40.9 Å². The van der Waals surface area contributed by atoms with Crippen LogP contribution in [0.15, 0.2) is 22.9 Å². The Labute approximate surface area is 136 Å². The topological polar surface area (TPSA) is 63.4 Å². The van der Waals surface area contributed by atoms with Crippen LogP contribution in [0.2, 0.25) is 0 Å². The largest absolute Gasteiger partial charge is 0.481 e. The second-order valence-corrected chi connectivity index (χ2v) is 6.26. The molecule has 3 rings (SSSR count). The van der Waals surface area contributed by atoms with Crippen LogP contribution in [0.5, 0.6) is 5.88 Å². The van der Waals surface area contributed by atoms with E-state index in [2.05, 4.69) is 20.4 Å². The Balaban J connectivity index is 1.64. The van der Waals surface area contributed by atoms with Crippen LogP contribution in [-0.4, -0.2) is 42.3 Å². The Morgan fingerprint density at radius 1 is 1.43 bits per heavy atom. The number of ether oxygens (including phenoxy) is 1. The van der Waals surface area contributed by atoms with Gasteiger partial charge in [-0.25, -0.2) is 4.98 Å². The molecule has 2 aromatic heterocycles. The molecule has 1 aliphatic carbocycles. The van der Waals surface area contributed by atoms with E-state index >= 15 is 0 Å². The molecule has 23 heavy (non-hydrogen) atoms. The summed E-state index contributed by atoms with van der Waals surface area (Å²) in [7, 11) is 5.76. The quantitative estimate of drug-likeness (QED) is 0.876. The van der Waals surface area contributed by atoms with E-state index < -0.39 is 0 Å². The molecule has 1 N–H and O–H groups in total. The molecule has 0 radical (unpaired) electrons. The summed E-state index contributed by atoms with van der Waals surface area (Å²) in [6.07, 6.45) is 4.72. The summed E-state index contributed by atoms with van der Waals surface area (Å²) in [5.74, 6) is 1.74. The van der Waals surface area contributed by atoms with E-state index in [4.69, 9.17) is 9.26 Å². The highest BCUT2D eigenvalue weighted by Crippen LogP contribution is 2.25. The standard InChI is InChI=1S/C17H24N4O2/c1-21(2)11-15-14-9-13(6-7-16(14)23-20-15)19-10-12-5-4-8-18-17(12)22-3/h4-5,8,13,19H,6-7,9-11H2,1-3H3. The van der Waals surface area contributed by atoms with Crippen molar-refractivity contribution in [3.63, 3.8) is 0 Å². The number of pyridine rings is 1. The van der Waals surface area contributed by atoms with Crippen molar-refractivity contribution in [2.24, 2.45) is 0 Å². The molecule has 0 saturated heterocycles. The number of fused-ring (bicyclic) bond motifs is 1. The zero-order chi connectivity index (χ0) is 16.2. The Morgan fingerprint density at radius 2 is 2.30 bits per heavy atom. The first-order chi connectivity index (χ1) is 11.2. The first-order valence-corrected chi connectivity index (χ1v) is 7.99. The van der Waals surface area contributed by atoms with E-state index in [-0.39, 0.29) is 0 Å². The van der Waals surface area contributed by atoms with E-state index in [1.807, 2.05) is 26.2 Å². The average Bonchev–Trinajstić information content (AvgIpc) is 2.95. The lowest BCUT2D eigenvalue weighted by Crippen LogP contribution is -2.34. The molecule has 124 valence electrons. The van der Waals surface area contributed by atoms with Crippen molar-refractivity contribution < 1.29 is 9.26 Å². The highest BCUT2D eigenvalue weighted by molar-refractivity contribution is 5.28. The Hall–Kier alpha value is -1.92. The number of nitrogens with one attached hydrogen (secondary N) is 1.